The predicted molar refractivity (Wildman–Crippen MR) is 203 cm³/mol. The first kappa shape index (κ1) is 42.6. The van der Waals surface area contributed by atoms with Gasteiger partial charge >= 0.3 is 18.2 Å². The summed E-state index contributed by atoms with van der Waals surface area (Å²) in [5.41, 5.74) is -4.05. The lowest BCUT2D eigenvalue weighted by Crippen LogP contribution is -2.59. The van der Waals surface area contributed by atoms with Crippen molar-refractivity contribution >= 4 is 44.7 Å². The number of aromatic nitrogens is 1. The van der Waals surface area contributed by atoms with Gasteiger partial charge in [-0.1, -0.05) is 43.2 Å². The van der Waals surface area contributed by atoms with Crippen molar-refractivity contribution in [2.45, 2.75) is 144 Å². The van der Waals surface area contributed by atoms with Crippen LogP contribution in [0.1, 0.15) is 96.2 Å². The molecule has 2 unspecified atom stereocenters. The maximum atomic E-state index is 14.7. The van der Waals surface area contributed by atoms with Crippen molar-refractivity contribution in [2.75, 3.05) is 6.54 Å². The van der Waals surface area contributed by atoms with Crippen molar-refractivity contribution < 1.29 is 59.0 Å². The molecular weight excluding hydrogens is 806 g/mol. The molecule has 0 bridgehead atoms. The first-order valence-electron chi connectivity index (χ1n) is 19.8. The van der Waals surface area contributed by atoms with Crippen LogP contribution in [0.25, 0.3) is 10.9 Å². The standard InChI is InChI=1S/C40H48F5N5O8S/c1-23-30-26(25-13-10-11-14-27(25)46-23)16-17-37(57-30)21-29-31(51)48-38(33(53)49-59(55,56)36(4)18-19-36)20-24(38)12-8-6-5-7-9-15-28(32(52)50(29)22-37)47-34(54)58-35(2,3)39(41,42)40(43,44)45/h8,10-14,24,28-29H,5-7,9,15-22H2,1-4H3,(H,47,54)(H,48,51)(H,49,53)/b12-8-/t24?,28-,29-,37+,38?/m0/s1. The van der Waals surface area contributed by atoms with E-state index in [1.54, 1.807) is 13.0 Å². The zero-order valence-corrected chi connectivity index (χ0v) is 34.0. The summed E-state index contributed by atoms with van der Waals surface area (Å²) < 4.78 is 108. The smallest absolute Gasteiger partial charge is 0.457 e. The third-order valence-corrected chi connectivity index (χ3v) is 14.8. The number of hydrogen-bond donors (Lipinski definition) is 3. The molecule has 13 nitrogen and oxygen atoms in total. The number of amides is 4. The highest BCUT2D eigenvalue weighted by Crippen LogP contribution is 2.49. The molecule has 3 aliphatic heterocycles. The Hall–Kier alpha value is -4.55. The summed E-state index contributed by atoms with van der Waals surface area (Å²) >= 11 is 0. The number of fused-ring (bicyclic) bond motifs is 5. The van der Waals surface area contributed by atoms with Crippen molar-refractivity contribution in [2.24, 2.45) is 5.92 Å². The van der Waals surface area contributed by atoms with Crippen molar-refractivity contribution in [3.05, 3.63) is 47.7 Å². The van der Waals surface area contributed by atoms with Crippen LogP contribution in [0, 0.1) is 12.8 Å². The van der Waals surface area contributed by atoms with E-state index in [9.17, 15) is 49.5 Å². The van der Waals surface area contributed by atoms with Crippen molar-refractivity contribution in [3.63, 3.8) is 0 Å². The lowest BCUT2D eigenvalue weighted by molar-refractivity contribution is -0.332. The van der Waals surface area contributed by atoms with E-state index in [0.29, 0.717) is 76.7 Å². The molecule has 1 aromatic carbocycles. The largest absolute Gasteiger partial charge is 0.483 e. The number of alkyl carbamates (subject to hydrolysis) is 1. The molecule has 1 saturated heterocycles. The number of sulfonamides is 1. The maximum absolute atomic E-state index is 14.7. The molecule has 19 heteroatoms. The number of benzene rings is 1. The van der Waals surface area contributed by atoms with Gasteiger partial charge < -0.3 is 25.0 Å². The summed E-state index contributed by atoms with van der Waals surface area (Å²) in [5, 5.41) is 5.86. The summed E-state index contributed by atoms with van der Waals surface area (Å²) in [6.07, 6.45) is -0.926. The van der Waals surface area contributed by atoms with Crippen LogP contribution >= 0.6 is 0 Å². The highest BCUT2D eigenvalue weighted by atomic mass is 32.2. The number of nitrogens with one attached hydrogen (secondary N) is 3. The molecule has 1 spiro atoms. The van der Waals surface area contributed by atoms with Gasteiger partial charge in [0.15, 0.2) is 5.60 Å². The number of para-hydroxylation sites is 1. The normalized spacial score (nSPS) is 29.1. The zero-order chi connectivity index (χ0) is 43.0. The second-order valence-electron chi connectivity index (χ2n) is 17.4. The van der Waals surface area contributed by atoms with E-state index in [1.165, 1.54) is 11.8 Å². The zero-order valence-electron chi connectivity index (χ0n) is 33.1. The molecule has 322 valence electrons. The highest BCUT2D eigenvalue weighted by molar-refractivity contribution is 7.91. The summed E-state index contributed by atoms with van der Waals surface area (Å²) in [7, 11) is -4.10. The SMILES string of the molecule is Cc1nc2ccccc2c2c1O[C@]1(CC2)C[C@H]2C(=O)NC3(C(=O)NS(=O)(=O)C4(C)CC4)CC3/C=C\CCCCC[C@H](NC(=O)OC(C)(C)C(F)(F)C(F)(F)F)C(=O)N2C1. The van der Waals surface area contributed by atoms with Crippen LogP contribution in [-0.2, 0) is 35.6 Å². The van der Waals surface area contributed by atoms with Crippen LogP contribution in [0.15, 0.2) is 36.4 Å². The average Bonchev–Trinajstić information content (AvgIpc) is 4.04. The van der Waals surface area contributed by atoms with Gasteiger partial charge in [0, 0.05) is 23.3 Å². The number of ether oxygens (including phenoxy) is 2. The Balaban J connectivity index is 1.22. The Kier molecular flexibility index (Phi) is 10.5. The number of halogens is 5. The van der Waals surface area contributed by atoms with Crippen LogP contribution in [-0.4, -0.2) is 94.3 Å². The molecule has 5 aliphatic rings. The van der Waals surface area contributed by atoms with Crippen molar-refractivity contribution in [3.8, 4) is 5.75 Å². The number of rotatable bonds is 6. The second kappa shape index (κ2) is 14.6. The molecular formula is C40H48F5N5O8S. The van der Waals surface area contributed by atoms with E-state index < -0.39 is 85.4 Å². The number of carbonyl (C=O) groups excluding carboxylic acids is 4. The Morgan fingerprint density at radius 2 is 1.75 bits per heavy atom. The minimum atomic E-state index is -6.05. The number of carbonyl (C=O) groups is 4. The summed E-state index contributed by atoms with van der Waals surface area (Å²) in [4.78, 5) is 62.2. The van der Waals surface area contributed by atoms with Gasteiger partial charge in [-0.25, -0.2) is 18.2 Å². The minimum absolute atomic E-state index is 0.0787. The Morgan fingerprint density at radius 1 is 1.03 bits per heavy atom. The van der Waals surface area contributed by atoms with Crippen molar-refractivity contribution in [1.82, 2.24) is 25.2 Å². The van der Waals surface area contributed by atoms with Gasteiger partial charge in [-0.3, -0.25) is 19.1 Å². The van der Waals surface area contributed by atoms with Gasteiger partial charge in [0.25, 0.3) is 5.91 Å². The lowest BCUT2D eigenvalue weighted by atomic mass is 9.87. The van der Waals surface area contributed by atoms with Gasteiger partial charge in [0.1, 0.15) is 29.0 Å². The Morgan fingerprint density at radius 3 is 2.44 bits per heavy atom. The summed E-state index contributed by atoms with van der Waals surface area (Å²) in [6, 6.07) is 4.61. The maximum Gasteiger partial charge on any atom is 0.457 e. The molecule has 7 rings (SSSR count). The van der Waals surface area contributed by atoms with Gasteiger partial charge in [-0.05, 0) is 85.1 Å². The first-order valence-corrected chi connectivity index (χ1v) is 21.3. The molecule has 5 atom stereocenters. The van der Waals surface area contributed by atoms with Gasteiger partial charge in [-0.15, -0.1) is 0 Å². The third-order valence-electron chi connectivity index (χ3n) is 12.6. The fraction of sp³-hybridized carbons (Fsp3) is 0.625. The number of aryl methyl sites for hydroxylation is 2. The number of nitrogens with zero attached hydrogens (tertiary/aromatic N) is 2. The first-order chi connectivity index (χ1) is 27.4. The molecule has 2 aliphatic carbocycles. The topological polar surface area (TPSA) is 173 Å². The number of allylic oxidation sites excluding steroid dienone is 1. The molecule has 2 aromatic rings. The highest BCUT2D eigenvalue weighted by Gasteiger charge is 2.69. The fourth-order valence-electron chi connectivity index (χ4n) is 8.45. The van der Waals surface area contributed by atoms with Crippen LogP contribution < -0.4 is 20.1 Å². The quantitative estimate of drug-likeness (QED) is 0.245. The molecule has 3 fully saturated rings. The summed E-state index contributed by atoms with van der Waals surface area (Å²) in [5.74, 6) is -8.13. The molecule has 3 N–H and O–H groups in total. The van der Waals surface area contributed by atoms with Crippen LogP contribution in [0.3, 0.4) is 0 Å². The average molecular weight is 854 g/mol. The fourth-order valence-corrected chi connectivity index (χ4v) is 9.76. The lowest BCUT2D eigenvalue weighted by Gasteiger charge is -2.37. The van der Waals surface area contributed by atoms with Gasteiger partial charge in [0.2, 0.25) is 21.8 Å². The monoisotopic (exact) mass is 853 g/mol. The molecule has 0 radical (unpaired) electrons. The Labute approximate surface area is 338 Å². The van der Waals surface area contributed by atoms with E-state index in [2.05, 4.69) is 20.1 Å². The van der Waals surface area contributed by atoms with E-state index in [1.807, 2.05) is 30.3 Å². The molecule has 59 heavy (non-hydrogen) atoms. The summed E-state index contributed by atoms with van der Waals surface area (Å²) in [6.45, 7) is 3.89. The molecule has 4 heterocycles. The molecule has 4 amide bonds. The second-order valence-corrected chi connectivity index (χ2v) is 19.6. The van der Waals surface area contributed by atoms with Gasteiger partial charge in [0.05, 0.1) is 22.5 Å². The van der Waals surface area contributed by atoms with Gasteiger partial charge in [-0.2, -0.15) is 22.0 Å². The number of hydrogen-bond acceptors (Lipinski definition) is 9. The van der Waals surface area contributed by atoms with Crippen LogP contribution in [0.5, 0.6) is 5.75 Å². The van der Waals surface area contributed by atoms with E-state index in [-0.39, 0.29) is 25.8 Å². The van der Waals surface area contributed by atoms with E-state index >= 15 is 0 Å². The number of alkyl halides is 5. The van der Waals surface area contributed by atoms with E-state index in [0.717, 1.165) is 16.5 Å². The van der Waals surface area contributed by atoms with Crippen LogP contribution in [0.4, 0.5) is 26.7 Å². The number of pyridine rings is 1. The molecule has 2 saturated carbocycles. The third kappa shape index (κ3) is 7.71. The molecule has 1 aromatic heterocycles. The van der Waals surface area contributed by atoms with E-state index in [4.69, 9.17) is 9.72 Å². The van der Waals surface area contributed by atoms with Crippen LogP contribution in [0.2, 0.25) is 0 Å². The van der Waals surface area contributed by atoms with Crippen molar-refractivity contribution in [1.29, 1.82) is 0 Å². The minimum Gasteiger partial charge on any atom is -0.483 e. The Bertz CT molecular complexity index is 2210. The predicted octanol–water partition coefficient (Wildman–Crippen LogP) is 5.67.